The van der Waals surface area contributed by atoms with Gasteiger partial charge in [0.25, 0.3) is 10.2 Å². The molecule has 1 N–H and O–H groups in total. The molecule has 38 heavy (non-hydrogen) atoms. The van der Waals surface area contributed by atoms with Crippen LogP contribution in [-0.4, -0.2) is 79.1 Å². The van der Waals surface area contributed by atoms with Crippen LogP contribution in [0.2, 0.25) is 0 Å². The number of alkyl halides is 3. The Morgan fingerprint density at radius 2 is 1.82 bits per heavy atom. The Labute approximate surface area is 218 Å². The van der Waals surface area contributed by atoms with Crippen molar-refractivity contribution >= 4 is 22.0 Å². The highest BCUT2D eigenvalue weighted by Gasteiger charge is 2.44. The van der Waals surface area contributed by atoms with Gasteiger partial charge in [-0.05, 0) is 43.9 Å². The van der Waals surface area contributed by atoms with Gasteiger partial charge < -0.3 is 15.0 Å². The van der Waals surface area contributed by atoms with E-state index in [1.54, 1.807) is 0 Å². The number of nitriles is 1. The van der Waals surface area contributed by atoms with Crippen molar-refractivity contribution in [3.8, 4) is 11.8 Å². The first-order valence-electron chi connectivity index (χ1n) is 12.6. The Bertz CT molecular complexity index is 1260. The molecule has 3 fully saturated rings. The minimum absolute atomic E-state index is 0.00376. The van der Waals surface area contributed by atoms with Crippen LogP contribution in [0.3, 0.4) is 0 Å². The molecule has 14 heteroatoms. The molecule has 0 bridgehead atoms. The molecule has 3 atom stereocenters. The van der Waals surface area contributed by atoms with Crippen LogP contribution in [0.5, 0.6) is 5.75 Å². The predicted octanol–water partition coefficient (Wildman–Crippen LogP) is 1.66. The Morgan fingerprint density at radius 1 is 1.08 bits per heavy atom. The fourth-order valence-electron chi connectivity index (χ4n) is 5.54. The van der Waals surface area contributed by atoms with Gasteiger partial charge in [0.1, 0.15) is 18.4 Å². The molecule has 0 unspecified atom stereocenters. The molecule has 0 aliphatic carbocycles. The molecule has 1 aromatic rings. The van der Waals surface area contributed by atoms with Crippen molar-refractivity contribution < 1.29 is 35.9 Å². The van der Waals surface area contributed by atoms with E-state index in [4.69, 9.17) is 10.00 Å². The summed E-state index contributed by atoms with van der Waals surface area (Å²) in [7, 11) is -3.77. The normalized spacial score (nSPS) is 26.8. The highest BCUT2D eigenvalue weighted by Crippen LogP contribution is 2.38. The van der Waals surface area contributed by atoms with Gasteiger partial charge in [0.15, 0.2) is 0 Å². The second-order valence-electron chi connectivity index (χ2n) is 10.2. The molecule has 206 valence electrons. The summed E-state index contributed by atoms with van der Waals surface area (Å²) < 4.78 is 73.4. The van der Waals surface area contributed by atoms with Crippen molar-refractivity contribution in [1.29, 1.82) is 5.26 Å². The van der Waals surface area contributed by atoms with Crippen molar-refractivity contribution in [1.82, 2.24) is 18.8 Å². The molecular weight excluding hydrogens is 527 g/mol. The monoisotopic (exact) mass is 555 g/mol. The van der Waals surface area contributed by atoms with E-state index in [0.717, 1.165) is 12.1 Å². The number of likely N-dealkylation sites (tertiary alicyclic amines) is 1. The van der Waals surface area contributed by atoms with Crippen LogP contribution in [0.4, 0.5) is 13.2 Å². The third-order valence-corrected chi connectivity index (χ3v) is 9.62. The maximum Gasteiger partial charge on any atom is 0.416 e. The highest BCUT2D eigenvalue weighted by atomic mass is 32.2. The molecule has 0 spiro atoms. The van der Waals surface area contributed by atoms with Crippen molar-refractivity contribution in [2.24, 2.45) is 11.8 Å². The van der Waals surface area contributed by atoms with Crippen LogP contribution in [-0.2, 0) is 26.0 Å². The summed E-state index contributed by atoms with van der Waals surface area (Å²) in [5.74, 6) is -1.44. The molecule has 4 aliphatic rings. The number of fused-ring (bicyclic) bond motifs is 1. The Kier molecular flexibility index (Phi) is 7.04. The van der Waals surface area contributed by atoms with E-state index in [2.05, 4.69) is 5.32 Å². The first-order valence-corrected chi connectivity index (χ1v) is 14.0. The van der Waals surface area contributed by atoms with Crippen LogP contribution in [0.1, 0.15) is 42.9 Å². The van der Waals surface area contributed by atoms with Crippen molar-refractivity contribution in [2.45, 2.75) is 43.9 Å². The van der Waals surface area contributed by atoms with Gasteiger partial charge in [0.2, 0.25) is 11.8 Å². The summed E-state index contributed by atoms with van der Waals surface area (Å²) >= 11 is 0. The summed E-state index contributed by atoms with van der Waals surface area (Å²) in [6.07, 6.45) is -2.57. The number of hydrogen-bond acceptors (Lipinski definition) is 6. The molecule has 0 saturated carbocycles. The standard InChI is InChI=1S/C24H28F3N5O5S/c25-24(26,27)17-5-6-21-18(9-17)19(14-37-21)29-22(33)20-4-2-8-32(20)23(34)16-3-1-7-30(13-16)38(35,36)31-11-15(10-28)12-31/h5-6,9,15-16,19-20H,1-4,7-8,11-14H2,(H,29,33)/t16-,19+,20+/m0/s1. The highest BCUT2D eigenvalue weighted by molar-refractivity contribution is 7.86. The van der Waals surface area contributed by atoms with E-state index in [0.29, 0.717) is 32.2 Å². The molecule has 4 aliphatic heterocycles. The van der Waals surface area contributed by atoms with Gasteiger partial charge in [-0.1, -0.05) is 0 Å². The fourth-order valence-corrected chi connectivity index (χ4v) is 7.33. The number of rotatable bonds is 5. The van der Waals surface area contributed by atoms with Crippen LogP contribution in [0.15, 0.2) is 18.2 Å². The molecular formula is C24H28F3N5O5S. The van der Waals surface area contributed by atoms with E-state index in [1.165, 1.54) is 19.6 Å². The Hall–Kier alpha value is -2.89. The van der Waals surface area contributed by atoms with Gasteiger partial charge in [0.05, 0.1) is 29.5 Å². The maximum absolute atomic E-state index is 13.4. The molecule has 10 nitrogen and oxygen atoms in total. The van der Waals surface area contributed by atoms with Crippen molar-refractivity contribution in [3.05, 3.63) is 29.3 Å². The van der Waals surface area contributed by atoms with Gasteiger partial charge in [-0.2, -0.15) is 35.5 Å². The van der Waals surface area contributed by atoms with Gasteiger partial charge in [0, 0.05) is 38.3 Å². The summed E-state index contributed by atoms with van der Waals surface area (Å²) in [5.41, 5.74) is -0.598. The number of halogens is 3. The first-order chi connectivity index (χ1) is 18.0. The van der Waals surface area contributed by atoms with Gasteiger partial charge >= 0.3 is 6.18 Å². The summed E-state index contributed by atoms with van der Waals surface area (Å²) in [6.45, 7) is 0.893. The van der Waals surface area contributed by atoms with Gasteiger partial charge in [-0.15, -0.1) is 0 Å². The predicted molar refractivity (Wildman–Crippen MR) is 126 cm³/mol. The smallest absolute Gasteiger partial charge is 0.416 e. The van der Waals surface area contributed by atoms with E-state index in [9.17, 15) is 31.2 Å². The first kappa shape index (κ1) is 26.7. The number of nitrogens with one attached hydrogen (secondary N) is 1. The average molecular weight is 556 g/mol. The van der Waals surface area contributed by atoms with Crippen LogP contribution in [0, 0.1) is 23.2 Å². The lowest BCUT2D eigenvalue weighted by atomic mass is 9.97. The molecule has 0 aromatic heterocycles. The number of nitrogens with zero attached hydrogens (tertiary/aromatic N) is 4. The number of benzene rings is 1. The number of carbonyl (C=O) groups excluding carboxylic acids is 2. The number of carbonyl (C=O) groups is 2. The topological polar surface area (TPSA) is 123 Å². The molecule has 0 radical (unpaired) electrons. The number of amides is 2. The summed E-state index contributed by atoms with van der Waals surface area (Å²) in [4.78, 5) is 28.1. The molecule has 5 rings (SSSR count). The largest absolute Gasteiger partial charge is 0.491 e. The van der Waals surface area contributed by atoms with Crippen molar-refractivity contribution in [3.63, 3.8) is 0 Å². The minimum Gasteiger partial charge on any atom is -0.491 e. The maximum atomic E-state index is 13.4. The lowest BCUT2D eigenvalue weighted by Crippen LogP contribution is -2.57. The van der Waals surface area contributed by atoms with Gasteiger partial charge in [-0.3, -0.25) is 9.59 Å². The number of piperidine rings is 1. The van der Waals surface area contributed by atoms with Crippen molar-refractivity contribution in [2.75, 3.05) is 39.3 Å². The molecule has 1 aromatic carbocycles. The second-order valence-corrected chi connectivity index (χ2v) is 12.1. The zero-order valence-electron chi connectivity index (χ0n) is 20.5. The molecule has 4 heterocycles. The van der Waals surface area contributed by atoms with E-state index in [-0.39, 0.29) is 55.9 Å². The van der Waals surface area contributed by atoms with Gasteiger partial charge in [-0.25, -0.2) is 0 Å². The number of ether oxygens (including phenoxy) is 1. The van der Waals surface area contributed by atoms with Crippen LogP contribution < -0.4 is 10.1 Å². The summed E-state index contributed by atoms with van der Waals surface area (Å²) in [6, 6.07) is 3.61. The number of hydrogen-bond donors (Lipinski definition) is 1. The van der Waals surface area contributed by atoms with E-state index < -0.39 is 45.9 Å². The summed E-state index contributed by atoms with van der Waals surface area (Å²) in [5, 5.41) is 11.7. The molecule has 2 amide bonds. The second kappa shape index (κ2) is 10.0. The third-order valence-electron chi connectivity index (χ3n) is 7.69. The third kappa shape index (κ3) is 4.94. The van der Waals surface area contributed by atoms with E-state index >= 15 is 0 Å². The quantitative estimate of drug-likeness (QED) is 0.590. The van der Waals surface area contributed by atoms with Crippen LogP contribution >= 0.6 is 0 Å². The minimum atomic E-state index is -4.53. The Morgan fingerprint density at radius 3 is 2.53 bits per heavy atom. The zero-order valence-corrected chi connectivity index (χ0v) is 21.3. The molecule has 3 saturated heterocycles. The lowest BCUT2D eigenvalue weighted by Gasteiger charge is -2.41. The average Bonchev–Trinajstić information content (AvgIpc) is 3.50. The SMILES string of the molecule is N#CC1CN(S(=O)(=O)N2CCC[C@H](C(=O)N3CCC[C@@H]3C(=O)N[C@@H]3COc4ccc(C(F)(F)F)cc43)C2)C1. The zero-order chi connectivity index (χ0) is 27.2. The lowest BCUT2D eigenvalue weighted by molar-refractivity contribution is -0.142. The van der Waals surface area contributed by atoms with E-state index in [1.807, 2.05) is 6.07 Å². The Balaban J connectivity index is 1.24. The van der Waals surface area contributed by atoms with Crippen LogP contribution in [0.25, 0.3) is 0 Å². The fraction of sp³-hybridized carbons (Fsp3) is 0.625.